The zero-order chi connectivity index (χ0) is 24.5. The van der Waals surface area contributed by atoms with Gasteiger partial charge in [-0.3, -0.25) is 0 Å². The van der Waals surface area contributed by atoms with Gasteiger partial charge in [-0.2, -0.15) is 10.2 Å². The quantitative estimate of drug-likeness (QED) is 0.440. The molecule has 2 fully saturated rings. The normalized spacial score (nSPS) is 24.1. The molecule has 0 radical (unpaired) electrons. The van der Waals surface area contributed by atoms with E-state index in [1.54, 1.807) is 0 Å². The van der Waals surface area contributed by atoms with Gasteiger partial charge in [0.05, 0.1) is 23.7 Å². The van der Waals surface area contributed by atoms with E-state index in [0.717, 1.165) is 55.1 Å². The van der Waals surface area contributed by atoms with Crippen molar-refractivity contribution in [2.24, 2.45) is 11.8 Å². The van der Waals surface area contributed by atoms with Gasteiger partial charge in [-0.25, -0.2) is 0 Å². The highest BCUT2D eigenvalue weighted by molar-refractivity contribution is 5.61. The average Bonchev–Trinajstić information content (AvgIpc) is 3.38. The van der Waals surface area contributed by atoms with Crippen LogP contribution in [0.25, 0.3) is 11.5 Å². The Morgan fingerprint density at radius 3 is 2.77 bits per heavy atom. The van der Waals surface area contributed by atoms with Crippen molar-refractivity contribution in [3.05, 3.63) is 65.5 Å². The molecule has 1 aliphatic heterocycles. The molecule has 1 saturated heterocycles. The first-order chi connectivity index (χ1) is 16.9. The van der Waals surface area contributed by atoms with E-state index in [1.807, 2.05) is 32.9 Å². The lowest BCUT2D eigenvalue weighted by molar-refractivity contribution is -0.151. The lowest BCUT2D eigenvalue weighted by atomic mass is 9.67. The minimum Gasteiger partial charge on any atom is -0.385 e. The molecule has 3 unspecified atom stereocenters. The summed E-state index contributed by atoms with van der Waals surface area (Å²) in [4.78, 5) is 4.45. The minimum atomic E-state index is -0.478. The standard InChI is InChI=1S/C29H34N4O2/c1-4-26-32-27(35-33-26)20-7-5-9-25(15-20)31-17-22-18-34-29(14-6-8-21(22)16-29)24-12-10-23(11-13-24)28(2,3)19-30/h5,7,9-13,15,21-22,31H,4,6,8,14,16-18H2,1-3H3. The first-order valence-corrected chi connectivity index (χ1v) is 12.8. The van der Waals surface area contributed by atoms with Crippen LogP contribution in [0.1, 0.15) is 63.4 Å². The molecule has 2 heterocycles. The SMILES string of the molecule is CCc1noc(-c2cccc(NCC3COC4(c5ccc(C(C)(C)C#N)cc5)CCCC3C4)c2)n1. The maximum atomic E-state index is 9.46. The molecule has 5 rings (SSSR count). The number of nitrogens with one attached hydrogen (secondary N) is 1. The molecule has 3 aromatic rings. The molecule has 6 heteroatoms. The van der Waals surface area contributed by atoms with Gasteiger partial charge in [0.25, 0.3) is 5.89 Å². The van der Waals surface area contributed by atoms with E-state index >= 15 is 0 Å². The fraction of sp³-hybridized carbons (Fsp3) is 0.483. The zero-order valence-corrected chi connectivity index (χ0v) is 20.9. The van der Waals surface area contributed by atoms with Gasteiger partial charge in [0.1, 0.15) is 0 Å². The van der Waals surface area contributed by atoms with E-state index in [2.05, 4.69) is 57.9 Å². The topological polar surface area (TPSA) is 84.0 Å². The van der Waals surface area contributed by atoms with Gasteiger partial charge >= 0.3 is 0 Å². The number of anilines is 1. The summed E-state index contributed by atoms with van der Waals surface area (Å²) in [6.07, 6.45) is 5.31. The van der Waals surface area contributed by atoms with Crippen LogP contribution in [-0.4, -0.2) is 23.3 Å². The van der Waals surface area contributed by atoms with Crippen LogP contribution in [0.15, 0.2) is 53.1 Å². The predicted molar refractivity (Wildman–Crippen MR) is 136 cm³/mol. The summed E-state index contributed by atoms with van der Waals surface area (Å²) in [6, 6.07) is 19.2. The molecule has 0 spiro atoms. The summed E-state index contributed by atoms with van der Waals surface area (Å²) < 4.78 is 12.1. The predicted octanol–water partition coefficient (Wildman–Crippen LogP) is 6.24. The number of aromatic nitrogens is 2. The van der Waals surface area contributed by atoms with Gasteiger partial charge in [-0.05, 0) is 74.8 Å². The molecule has 1 aromatic heterocycles. The highest BCUT2D eigenvalue weighted by atomic mass is 16.5. The summed E-state index contributed by atoms with van der Waals surface area (Å²) in [7, 11) is 0. The third-order valence-electron chi connectivity index (χ3n) is 7.86. The van der Waals surface area contributed by atoms with Crippen LogP contribution in [0.4, 0.5) is 5.69 Å². The van der Waals surface area contributed by atoms with Crippen molar-refractivity contribution in [3.63, 3.8) is 0 Å². The number of nitriles is 1. The number of hydrogen-bond acceptors (Lipinski definition) is 6. The first kappa shape index (κ1) is 23.6. The third kappa shape index (κ3) is 4.70. The summed E-state index contributed by atoms with van der Waals surface area (Å²) in [6.45, 7) is 7.58. The van der Waals surface area contributed by atoms with Gasteiger partial charge in [-0.15, -0.1) is 0 Å². The fourth-order valence-corrected chi connectivity index (χ4v) is 5.57. The third-order valence-corrected chi connectivity index (χ3v) is 7.86. The summed E-state index contributed by atoms with van der Waals surface area (Å²) in [5.74, 6) is 2.39. The van der Waals surface area contributed by atoms with Crippen molar-refractivity contribution in [1.29, 1.82) is 5.26 Å². The van der Waals surface area contributed by atoms with Crippen molar-refractivity contribution < 1.29 is 9.26 Å². The van der Waals surface area contributed by atoms with Crippen LogP contribution >= 0.6 is 0 Å². The number of ether oxygens (including phenoxy) is 1. The highest BCUT2D eigenvalue weighted by Crippen LogP contribution is 2.49. The Bertz CT molecular complexity index is 1210. The smallest absolute Gasteiger partial charge is 0.257 e. The van der Waals surface area contributed by atoms with Gasteiger partial charge in [0.15, 0.2) is 5.82 Å². The van der Waals surface area contributed by atoms with E-state index < -0.39 is 5.41 Å². The van der Waals surface area contributed by atoms with Crippen molar-refractivity contribution in [2.75, 3.05) is 18.5 Å². The van der Waals surface area contributed by atoms with Crippen LogP contribution in [-0.2, 0) is 22.2 Å². The Hall–Kier alpha value is -3.17. The lowest BCUT2D eigenvalue weighted by Gasteiger charge is -2.49. The van der Waals surface area contributed by atoms with Gasteiger partial charge in [-0.1, -0.05) is 42.4 Å². The van der Waals surface area contributed by atoms with Crippen LogP contribution in [0.5, 0.6) is 0 Å². The molecule has 3 atom stereocenters. The monoisotopic (exact) mass is 470 g/mol. The second kappa shape index (κ2) is 9.47. The second-order valence-corrected chi connectivity index (χ2v) is 10.6. The molecule has 1 N–H and O–H groups in total. The Morgan fingerprint density at radius 1 is 1.20 bits per heavy atom. The highest BCUT2D eigenvalue weighted by Gasteiger charge is 2.45. The van der Waals surface area contributed by atoms with E-state index in [1.165, 1.54) is 18.4 Å². The van der Waals surface area contributed by atoms with Crippen LogP contribution in [0, 0.1) is 23.2 Å². The van der Waals surface area contributed by atoms with Gasteiger partial charge in [0.2, 0.25) is 0 Å². The Morgan fingerprint density at radius 2 is 2.03 bits per heavy atom. The van der Waals surface area contributed by atoms with E-state index in [0.29, 0.717) is 17.7 Å². The number of rotatable bonds is 7. The lowest BCUT2D eigenvalue weighted by Crippen LogP contribution is -2.46. The average molecular weight is 471 g/mol. The minimum absolute atomic E-state index is 0.191. The summed E-state index contributed by atoms with van der Waals surface area (Å²) >= 11 is 0. The Kier molecular flexibility index (Phi) is 6.37. The maximum absolute atomic E-state index is 9.46. The van der Waals surface area contributed by atoms with Gasteiger partial charge in [0, 0.05) is 30.1 Å². The van der Waals surface area contributed by atoms with Crippen molar-refractivity contribution in [1.82, 2.24) is 10.1 Å². The molecule has 1 saturated carbocycles. The molecule has 1 aliphatic carbocycles. The van der Waals surface area contributed by atoms with Crippen LogP contribution in [0.2, 0.25) is 0 Å². The molecule has 2 aromatic carbocycles. The number of fused-ring (bicyclic) bond motifs is 2. The zero-order valence-electron chi connectivity index (χ0n) is 20.9. The van der Waals surface area contributed by atoms with Crippen LogP contribution in [0.3, 0.4) is 0 Å². The summed E-state index contributed by atoms with van der Waals surface area (Å²) in [5.41, 5.74) is 3.63. The Labute approximate surface area is 207 Å². The summed E-state index contributed by atoms with van der Waals surface area (Å²) in [5, 5.41) is 17.1. The molecule has 6 nitrogen and oxygen atoms in total. The van der Waals surface area contributed by atoms with Crippen molar-refractivity contribution in [2.45, 2.75) is 63.9 Å². The Balaban J connectivity index is 1.25. The van der Waals surface area contributed by atoms with E-state index in [4.69, 9.17) is 9.26 Å². The number of hydrogen-bond donors (Lipinski definition) is 1. The molecule has 2 bridgehead atoms. The molecule has 35 heavy (non-hydrogen) atoms. The largest absolute Gasteiger partial charge is 0.385 e. The molecule has 0 amide bonds. The molecule has 182 valence electrons. The number of nitrogens with zero attached hydrogens (tertiary/aromatic N) is 3. The fourth-order valence-electron chi connectivity index (χ4n) is 5.57. The maximum Gasteiger partial charge on any atom is 0.257 e. The second-order valence-electron chi connectivity index (χ2n) is 10.6. The van der Waals surface area contributed by atoms with E-state index in [-0.39, 0.29) is 5.60 Å². The van der Waals surface area contributed by atoms with Crippen LogP contribution < -0.4 is 5.32 Å². The van der Waals surface area contributed by atoms with Crippen molar-refractivity contribution >= 4 is 5.69 Å². The number of aryl methyl sites for hydroxylation is 1. The molecular weight excluding hydrogens is 436 g/mol. The molecule has 2 aliphatic rings. The van der Waals surface area contributed by atoms with Gasteiger partial charge < -0.3 is 14.6 Å². The van der Waals surface area contributed by atoms with Crippen molar-refractivity contribution in [3.8, 4) is 17.5 Å². The number of benzene rings is 2. The van der Waals surface area contributed by atoms with E-state index in [9.17, 15) is 5.26 Å². The molecular formula is C29H34N4O2. The first-order valence-electron chi connectivity index (χ1n) is 12.8.